The Balaban J connectivity index is 0.912. The second-order valence-corrected chi connectivity index (χ2v) is 19.4. The van der Waals surface area contributed by atoms with Crippen LogP contribution >= 0.6 is 0 Å². The number of hydrogen-bond donors (Lipinski definition) is 0. The van der Waals surface area contributed by atoms with Gasteiger partial charge in [0, 0.05) is 10.8 Å². The van der Waals surface area contributed by atoms with Crippen molar-refractivity contribution < 1.29 is 6.85 Å². The molecule has 14 aromatic rings. The molecule has 1 nitrogen and oxygen atoms in total. The number of rotatable bonds is 5. The van der Waals surface area contributed by atoms with Gasteiger partial charge in [0.05, 0.1) is 12.4 Å². The van der Waals surface area contributed by atoms with Crippen LogP contribution in [0.15, 0.2) is 236 Å². The Morgan fingerprint density at radius 1 is 0.288 bits per heavy atom. The van der Waals surface area contributed by atoms with Crippen LogP contribution in [0.2, 0.25) is 0 Å². The molecule has 2 aromatic heterocycles. The molecule has 0 spiro atoms. The molecule has 14 rings (SSSR count). The van der Waals surface area contributed by atoms with Crippen molar-refractivity contribution in [2.24, 2.45) is 0 Å². The van der Waals surface area contributed by atoms with Gasteiger partial charge >= 0.3 is 325 Å². The number of benzene rings is 12. The van der Waals surface area contributed by atoms with E-state index in [0.717, 1.165) is 38.4 Å². The Morgan fingerprint density at radius 2 is 0.682 bits per heavy atom. The van der Waals surface area contributed by atoms with Crippen molar-refractivity contribution in [1.29, 1.82) is 0 Å². The SMILES string of the molecule is [2H]c1c([2H])c([2H])c(-c2c3ccccc3c(-c3ccc4[se]c5cc(-c6c7ccccc7c(-c7ccc(-n8c9ccccc9c9ccccc98)cc7)c7ccccc67)ccc5c4c3)c3ccccc23)c([2H])c1[2H]. The monoisotopic (exact) mass is 906 g/mol. The first-order valence-electron chi connectivity index (χ1n) is 24.8. The molecule has 0 N–H and O–H groups in total. The summed E-state index contributed by atoms with van der Waals surface area (Å²) in [5.74, 6) is 0. The van der Waals surface area contributed by atoms with Crippen LogP contribution in [0.5, 0.6) is 0 Å². The van der Waals surface area contributed by atoms with Gasteiger partial charge in [-0.25, -0.2) is 0 Å². The van der Waals surface area contributed by atoms with Crippen molar-refractivity contribution in [1.82, 2.24) is 4.57 Å². The standard InChI is InChI=1S/C64H39NSe/c1-2-16-40(17-3-1)61-48-20-4-8-24-52(48)63(53-25-9-5-21-49(53)61)42-33-37-59-56(38-42)47-36-32-43(39-60(47)66-59)64-54-26-10-6-22-50(54)62(51-23-7-11-27-55(51)64)41-30-34-44(35-31-41)65-57-28-14-12-18-45(57)46-19-13-15-29-58(46)65/h1-39H/i1D,2D,3D,16D,17D. The quantitative estimate of drug-likeness (QED) is 0.120. The first kappa shape index (κ1) is 32.6. The number of nitrogens with zero attached hydrogens (tertiary/aromatic N) is 1. The molecule has 0 radical (unpaired) electrons. The third-order valence-electron chi connectivity index (χ3n) is 13.7. The Bertz CT molecular complexity index is 4390. The van der Waals surface area contributed by atoms with Crippen molar-refractivity contribution >= 4 is 98.7 Å². The van der Waals surface area contributed by atoms with E-state index in [-0.39, 0.29) is 44.2 Å². The second-order valence-electron chi connectivity index (χ2n) is 17.1. The van der Waals surface area contributed by atoms with E-state index in [2.05, 4.69) is 174 Å². The van der Waals surface area contributed by atoms with Crippen LogP contribution in [0, 0.1) is 0 Å². The summed E-state index contributed by atoms with van der Waals surface area (Å²) >= 11 is 0.0812. The zero-order valence-corrected chi connectivity index (χ0v) is 37.2. The van der Waals surface area contributed by atoms with Crippen LogP contribution in [0.3, 0.4) is 0 Å². The van der Waals surface area contributed by atoms with Crippen molar-refractivity contribution in [3.63, 3.8) is 0 Å². The van der Waals surface area contributed by atoms with Gasteiger partial charge in [0.2, 0.25) is 0 Å². The summed E-state index contributed by atoms with van der Waals surface area (Å²) in [6, 6.07) is 72.8. The molecule has 0 aliphatic rings. The molecule has 2 heteroatoms. The Morgan fingerprint density at radius 3 is 1.18 bits per heavy atom. The van der Waals surface area contributed by atoms with Gasteiger partial charge in [-0.3, -0.25) is 0 Å². The average molecular weight is 906 g/mol. The van der Waals surface area contributed by atoms with Gasteiger partial charge in [0.15, 0.2) is 0 Å². The molecule has 0 saturated heterocycles. The number of aromatic nitrogens is 1. The molecule has 12 aromatic carbocycles. The summed E-state index contributed by atoms with van der Waals surface area (Å²) in [6.45, 7) is 0. The summed E-state index contributed by atoms with van der Waals surface area (Å²) in [7, 11) is 0. The number of para-hydroxylation sites is 2. The van der Waals surface area contributed by atoms with Gasteiger partial charge < -0.3 is 0 Å². The molecule has 2 heterocycles. The van der Waals surface area contributed by atoms with Crippen molar-refractivity contribution in [3.05, 3.63) is 236 Å². The molecule has 0 aliphatic heterocycles. The zero-order chi connectivity index (χ0) is 47.6. The van der Waals surface area contributed by atoms with Crippen molar-refractivity contribution in [2.75, 3.05) is 0 Å². The summed E-state index contributed by atoms with van der Waals surface area (Å²) in [4.78, 5) is 0. The molecule has 0 unspecified atom stereocenters. The summed E-state index contributed by atoms with van der Waals surface area (Å²) < 4.78 is 48.4. The van der Waals surface area contributed by atoms with Crippen LogP contribution in [0.25, 0.3) is 134 Å². The minimum absolute atomic E-state index is 0.0812. The fraction of sp³-hybridized carbons (Fsp3) is 0. The zero-order valence-electron chi connectivity index (χ0n) is 40.5. The second kappa shape index (κ2) is 14.8. The van der Waals surface area contributed by atoms with Crippen LogP contribution < -0.4 is 0 Å². The number of fused-ring (bicyclic) bond motifs is 10. The van der Waals surface area contributed by atoms with Gasteiger partial charge in [-0.1, -0.05) is 36.4 Å². The normalized spacial score (nSPS) is 13.0. The van der Waals surface area contributed by atoms with Gasteiger partial charge in [0.1, 0.15) is 0 Å². The van der Waals surface area contributed by atoms with Gasteiger partial charge in [0.25, 0.3) is 0 Å². The first-order chi connectivity index (χ1) is 34.8. The van der Waals surface area contributed by atoms with Crippen LogP contribution in [-0.4, -0.2) is 19.1 Å². The third-order valence-corrected chi connectivity index (χ3v) is 16.0. The molecular weight excluding hydrogens is 862 g/mol. The molecular formula is C64H39NSe. The fourth-order valence-corrected chi connectivity index (χ4v) is 13.3. The topological polar surface area (TPSA) is 4.93 Å². The van der Waals surface area contributed by atoms with Crippen molar-refractivity contribution in [3.8, 4) is 50.2 Å². The predicted octanol–water partition coefficient (Wildman–Crippen LogP) is 17.4. The Labute approximate surface area is 394 Å². The van der Waals surface area contributed by atoms with E-state index in [0.29, 0.717) is 5.56 Å². The van der Waals surface area contributed by atoms with E-state index in [4.69, 9.17) is 6.85 Å². The maximum atomic E-state index is 8.98. The van der Waals surface area contributed by atoms with Gasteiger partial charge in [-0.2, -0.15) is 0 Å². The molecule has 0 saturated carbocycles. The van der Waals surface area contributed by atoms with E-state index in [1.165, 1.54) is 84.9 Å². The Kier molecular flexibility index (Phi) is 7.30. The van der Waals surface area contributed by atoms with E-state index >= 15 is 0 Å². The van der Waals surface area contributed by atoms with Crippen LogP contribution in [0.4, 0.5) is 0 Å². The molecule has 0 aliphatic carbocycles. The first-order valence-corrected chi connectivity index (χ1v) is 24.1. The molecule has 0 amide bonds. The van der Waals surface area contributed by atoms with E-state index in [9.17, 15) is 0 Å². The predicted molar refractivity (Wildman–Crippen MR) is 285 cm³/mol. The fourth-order valence-electron chi connectivity index (χ4n) is 10.9. The van der Waals surface area contributed by atoms with Crippen LogP contribution in [-0.2, 0) is 0 Å². The maximum absolute atomic E-state index is 8.98. The molecule has 306 valence electrons. The third kappa shape index (κ3) is 5.60. The Hall–Kier alpha value is -8.00. The van der Waals surface area contributed by atoms with E-state index in [1.807, 2.05) is 36.4 Å². The van der Waals surface area contributed by atoms with Crippen LogP contribution in [0.1, 0.15) is 6.85 Å². The van der Waals surface area contributed by atoms with E-state index in [1.54, 1.807) is 0 Å². The molecule has 66 heavy (non-hydrogen) atoms. The average Bonchev–Trinajstić information content (AvgIpc) is 3.96. The van der Waals surface area contributed by atoms with Gasteiger partial charge in [-0.05, 0) is 12.1 Å². The summed E-state index contributed by atoms with van der Waals surface area (Å²) in [5.41, 5.74) is 11.4. The molecule has 0 fully saturated rings. The number of hydrogen-bond acceptors (Lipinski definition) is 0. The molecule has 0 atom stereocenters. The van der Waals surface area contributed by atoms with Gasteiger partial charge in [-0.15, -0.1) is 0 Å². The molecule has 0 bridgehead atoms. The van der Waals surface area contributed by atoms with Crippen molar-refractivity contribution in [2.45, 2.75) is 0 Å². The van der Waals surface area contributed by atoms with E-state index < -0.39 is 6.04 Å². The minimum atomic E-state index is -0.394. The summed E-state index contributed by atoms with van der Waals surface area (Å²) in [6.07, 6.45) is 0. The summed E-state index contributed by atoms with van der Waals surface area (Å²) in [5, 5.41) is 13.5.